The molecule has 174 valence electrons. The number of carbonyl (C=O) groups excluding carboxylic acids is 1. The van der Waals surface area contributed by atoms with E-state index in [1.165, 1.54) is 11.1 Å². The normalized spacial score (nSPS) is 23.3. The van der Waals surface area contributed by atoms with Crippen LogP contribution < -0.4 is 5.73 Å². The molecule has 11 heteroatoms. The van der Waals surface area contributed by atoms with Crippen molar-refractivity contribution in [3.8, 4) is 0 Å². The summed E-state index contributed by atoms with van der Waals surface area (Å²) in [4.78, 5) is 23.3. The summed E-state index contributed by atoms with van der Waals surface area (Å²) < 4.78 is 64.6. The maximum absolute atomic E-state index is 14.8. The Morgan fingerprint density at radius 1 is 1.18 bits per heavy atom. The quantitative estimate of drug-likeness (QED) is 0.687. The number of hydrogen-bond acceptors (Lipinski definition) is 6. The zero-order valence-corrected chi connectivity index (χ0v) is 17.4. The Morgan fingerprint density at radius 3 is 2.73 bits per heavy atom. The van der Waals surface area contributed by atoms with Gasteiger partial charge in [0.1, 0.15) is 17.7 Å². The number of halogens is 4. The lowest BCUT2D eigenvalue weighted by atomic mass is 9.90. The van der Waals surface area contributed by atoms with Gasteiger partial charge in [0.05, 0.1) is 44.2 Å². The number of nitrogens with two attached hydrogens (primary N) is 1. The van der Waals surface area contributed by atoms with Gasteiger partial charge in [-0.15, -0.1) is 0 Å². The molecule has 1 saturated heterocycles. The molecule has 3 aliphatic rings. The van der Waals surface area contributed by atoms with Crippen molar-refractivity contribution >= 4 is 22.6 Å². The fraction of sp³-hybridized carbons (Fsp3) is 0.409. The third kappa shape index (κ3) is 3.84. The number of anilines is 1. The van der Waals surface area contributed by atoms with Crippen molar-refractivity contribution in [2.24, 2.45) is 0 Å². The molecule has 1 amide bonds. The van der Waals surface area contributed by atoms with Crippen LogP contribution in [0.5, 0.6) is 0 Å². The topological polar surface area (TPSA) is 90.6 Å². The largest absolute Gasteiger partial charge is 0.412 e. The van der Waals surface area contributed by atoms with Crippen LogP contribution in [0.15, 0.2) is 35.6 Å². The first-order valence-corrected chi connectivity index (χ1v) is 10.4. The molecular weight excluding hydrogens is 444 g/mol. The highest BCUT2D eigenvalue weighted by atomic mass is 19.4. The zero-order valence-electron chi connectivity index (χ0n) is 17.4. The van der Waals surface area contributed by atoms with E-state index >= 15 is 0 Å². The highest BCUT2D eigenvalue weighted by molar-refractivity contribution is 5.97. The van der Waals surface area contributed by atoms with Gasteiger partial charge in [-0.1, -0.05) is 12.2 Å². The zero-order chi connectivity index (χ0) is 23.3. The van der Waals surface area contributed by atoms with Crippen molar-refractivity contribution in [3.63, 3.8) is 0 Å². The van der Waals surface area contributed by atoms with Gasteiger partial charge in [-0.25, -0.2) is 14.4 Å². The Bertz CT molecular complexity index is 1190. The number of carbonyl (C=O) groups is 1. The smallest absolute Gasteiger partial charge is 0.383 e. The molecule has 0 spiro atoms. The molecule has 33 heavy (non-hydrogen) atoms. The van der Waals surface area contributed by atoms with Gasteiger partial charge in [-0.3, -0.25) is 4.79 Å². The molecule has 2 aromatic rings. The van der Waals surface area contributed by atoms with Gasteiger partial charge in [0.2, 0.25) is 0 Å². The Morgan fingerprint density at radius 2 is 1.97 bits per heavy atom. The summed E-state index contributed by atoms with van der Waals surface area (Å²) in [5, 5.41) is 0.692. The lowest BCUT2D eigenvalue weighted by molar-refractivity contribution is -0.0958. The van der Waals surface area contributed by atoms with E-state index in [1.807, 2.05) is 0 Å². The van der Waals surface area contributed by atoms with Crippen molar-refractivity contribution in [3.05, 3.63) is 52.4 Å². The van der Waals surface area contributed by atoms with Crippen LogP contribution in [0.1, 0.15) is 28.0 Å². The molecule has 0 bridgehead atoms. The number of morpholine rings is 1. The molecule has 2 unspecified atom stereocenters. The molecule has 4 heterocycles. The number of rotatable bonds is 2. The molecule has 5 rings (SSSR count). The summed E-state index contributed by atoms with van der Waals surface area (Å²) in [6.45, 7) is 1.04. The second-order valence-corrected chi connectivity index (χ2v) is 8.15. The summed E-state index contributed by atoms with van der Waals surface area (Å²) in [6, 6.07) is 0.775. The maximum Gasteiger partial charge on any atom is 0.412 e. The van der Waals surface area contributed by atoms with E-state index in [0.717, 1.165) is 23.3 Å². The first kappa shape index (κ1) is 21.8. The number of fused-ring (bicyclic) bond motifs is 3. The van der Waals surface area contributed by atoms with Crippen molar-refractivity contribution in [1.29, 1.82) is 0 Å². The van der Waals surface area contributed by atoms with Crippen LogP contribution in [0.4, 0.5) is 23.4 Å². The van der Waals surface area contributed by atoms with Gasteiger partial charge in [-0.2, -0.15) is 13.2 Å². The van der Waals surface area contributed by atoms with Crippen LogP contribution in [0.3, 0.4) is 0 Å². The minimum atomic E-state index is -4.60. The first-order valence-electron chi connectivity index (χ1n) is 10.4. The SMILES string of the molecule is Nc1nc2cnc(C(=O)N3CCOCC3C3=CC=C(C(F)(F)F)CC3F)cc2c2c1COC2. The third-order valence-corrected chi connectivity index (χ3v) is 6.21. The summed E-state index contributed by atoms with van der Waals surface area (Å²) >= 11 is 0. The van der Waals surface area contributed by atoms with E-state index in [9.17, 15) is 22.4 Å². The Hall–Kier alpha value is -3.05. The number of alkyl halides is 4. The molecule has 0 saturated carbocycles. The van der Waals surface area contributed by atoms with Crippen LogP contribution >= 0.6 is 0 Å². The van der Waals surface area contributed by atoms with Crippen molar-refractivity contribution in [2.45, 2.75) is 38.0 Å². The number of pyridine rings is 2. The number of amides is 1. The lowest BCUT2D eigenvalue weighted by Gasteiger charge is -2.38. The number of nitrogen functional groups attached to an aromatic ring is 1. The van der Waals surface area contributed by atoms with Gasteiger partial charge in [0.15, 0.2) is 0 Å². The second kappa shape index (κ2) is 8.07. The summed E-state index contributed by atoms with van der Waals surface area (Å²) in [5.74, 6) is -0.109. The summed E-state index contributed by atoms with van der Waals surface area (Å²) in [6.07, 6.45) is -3.82. The Labute approximate surface area is 185 Å². The van der Waals surface area contributed by atoms with Crippen molar-refractivity contribution < 1.29 is 31.8 Å². The third-order valence-electron chi connectivity index (χ3n) is 6.21. The first-order chi connectivity index (χ1) is 15.7. The number of hydrogen-bond donors (Lipinski definition) is 1. The Kier molecular flexibility index (Phi) is 5.32. The van der Waals surface area contributed by atoms with Gasteiger partial charge < -0.3 is 20.1 Å². The van der Waals surface area contributed by atoms with Crippen LogP contribution in [-0.2, 0) is 22.7 Å². The monoisotopic (exact) mass is 464 g/mol. The predicted molar refractivity (Wildman–Crippen MR) is 110 cm³/mol. The molecule has 2 atom stereocenters. The van der Waals surface area contributed by atoms with Gasteiger partial charge in [0, 0.05) is 29.5 Å². The van der Waals surface area contributed by atoms with Crippen LogP contribution in [0.2, 0.25) is 0 Å². The fourth-order valence-corrected chi connectivity index (χ4v) is 4.47. The van der Waals surface area contributed by atoms with E-state index in [1.54, 1.807) is 6.07 Å². The summed E-state index contributed by atoms with van der Waals surface area (Å²) in [5.41, 5.74) is 7.39. The number of nitrogens with zero attached hydrogens (tertiary/aromatic N) is 3. The van der Waals surface area contributed by atoms with Crippen LogP contribution in [0, 0.1) is 0 Å². The standard InChI is InChI=1S/C22H20F4N4O3/c23-16-5-11(22(24,25)26)1-2-12(16)19-10-32-4-3-30(19)21(31)17-6-13-14-8-33-9-15(14)20(27)29-18(13)7-28-17/h1-2,6-7,16,19H,3-5,8-10H2,(H2,27,29). The molecule has 2 aliphatic heterocycles. The average molecular weight is 464 g/mol. The minimum Gasteiger partial charge on any atom is -0.383 e. The number of ether oxygens (including phenoxy) is 2. The van der Waals surface area contributed by atoms with E-state index < -0.39 is 36.3 Å². The maximum atomic E-state index is 14.8. The fourth-order valence-electron chi connectivity index (χ4n) is 4.47. The summed E-state index contributed by atoms with van der Waals surface area (Å²) in [7, 11) is 0. The highest BCUT2D eigenvalue weighted by Gasteiger charge is 2.41. The lowest BCUT2D eigenvalue weighted by Crippen LogP contribution is -2.51. The molecule has 0 radical (unpaired) electrons. The number of allylic oxidation sites excluding steroid dienone is 3. The molecule has 2 aromatic heterocycles. The van der Waals surface area contributed by atoms with Crippen LogP contribution in [-0.4, -0.2) is 58.9 Å². The van der Waals surface area contributed by atoms with Crippen molar-refractivity contribution in [2.75, 3.05) is 25.5 Å². The van der Waals surface area contributed by atoms with Crippen LogP contribution in [0.25, 0.3) is 10.9 Å². The predicted octanol–water partition coefficient (Wildman–Crippen LogP) is 3.24. The molecule has 0 aromatic carbocycles. The Balaban J connectivity index is 1.48. The van der Waals surface area contributed by atoms with E-state index in [0.29, 0.717) is 29.9 Å². The van der Waals surface area contributed by atoms with Gasteiger partial charge in [0.25, 0.3) is 5.91 Å². The van der Waals surface area contributed by atoms with E-state index in [2.05, 4.69) is 9.97 Å². The minimum absolute atomic E-state index is 0.0118. The molecule has 2 N–H and O–H groups in total. The van der Waals surface area contributed by atoms with Gasteiger partial charge >= 0.3 is 6.18 Å². The number of aromatic nitrogens is 2. The highest BCUT2D eigenvalue weighted by Crippen LogP contribution is 2.37. The van der Waals surface area contributed by atoms with Crippen molar-refractivity contribution in [1.82, 2.24) is 14.9 Å². The van der Waals surface area contributed by atoms with E-state index in [-0.39, 0.29) is 31.0 Å². The average Bonchev–Trinajstić information content (AvgIpc) is 3.29. The molecule has 1 aliphatic carbocycles. The van der Waals surface area contributed by atoms with E-state index in [4.69, 9.17) is 15.2 Å². The molecular formula is C22H20F4N4O3. The van der Waals surface area contributed by atoms with Gasteiger partial charge in [-0.05, 0) is 17.2 Å². The molecule has 7 nitrogen and oxygen atoms in total. The molecule has 1 fully saturated rings. The second-order valence-electron chi connectivity index (χ2n) is 8.15.